The molecule has 3 amide bonds. The fourth-order valence-electron chi connectivity index (χ4n) is 3.30. The molecular formula is C16H17BrN2O3. The molecule has 3 rings (SSSR count). The van der Waals surface area contributed by atoms with Crippen molar-refractivity contribution >= 4 is 39.3 Å². The minimum atomic E-state index is -0.349. The zero-order valence-electron chi connectivity index (χ0n) is 12.0. The van der Waals surface area contributed by atoms with Crippen LogP contribution in [0.4, 0.5) is 5.69 Å². The van der Waals surface area contributed by atoms with Gasteiger partial charge in [0, 0.05) is 10.2 Å². The van der Waals surface area contributed by atoms with E-state index in [4.69, 9.17) is 0 Å². The van der Waals surface area contributed by atoms with Crippen molar-refractivity contribution in [3.63, 3.8) is 0 Å². The summed E-state index contributed by atoms with van der Waals surface area (Å²) in [6.45, 7) is -0.197. The second-order valence-electron chi connectivity index (χ2n) is 5.82. The van der Waals surface area contributed by atoms with Gasteiger partial charge in [0.15, 0.2) is 0 Å². The molecule has 1 heterocycles. The number of hydrogen-bond donors (Lipinski definition) is 1. The molecule has 0 bridgehead atoms. The fourth-order valence-corrected chi connectivity index (χ4v) is 3.70. The summed E-state index contributed by atoms with van der Waals surface area (Å²) in [5.74, 6) is -1.13. The predicted octanol–water partition coefficient (Wildman–Crippen LogP) is 2.56. The smallest absolute Gasteiger partial charge is 0.244 e. The summed E-state index contributed by atoms with van der Waals surface area (Å²) in [6.07, 6.45) is 3.49. The number of rotatable bonds is 3. The predicted molar refractivity (Wildman–Crippen MR) is 84.9 cm³/mol. The van der Waals surface area contributed by atoms with Crippen LogP contribution in [0, 0.1) is 11.8 Å². The summed E-state index contributed by atoms with van der Waals surface area (Å²) in [5, 5.41) is 2.72. The molecular weight excluding hydrogens is 348 g/mol. The van der Waals surface area contributed by atoms with Crippen molar-refractivity contribution in [2.75, 3.05) is 11.9 Å². The first-order valence-corrected chi connectivity index (χ1v) is 8.26. The number of amides is 3. The first kappa shape index (κ1) is 15.2. The van der Waals surface area contributed by atoms with E-state index in [1.807, 2.05) is 6.07 Å². The van der Waals surface area contributed by atoms with Crippen molar-refractivity contribution in [1.82, 2.24) is 4.90 Å². The van der Waals surface area contributed by atoms with Crippen molar-refractivity contribution < 1.29 is 14.4 Å². The zero-order chi connectivity index (χ0) is 15.7. The Kier molecular flexibility index (Phi) is 4.29. The van der Waals surface area contributed by atoms with Gasteiger partial charge in [-0.05, 0) is 31.0 Å². The van der Waals surface area contributed by atoms with E-state index in [0.29, 0.717) is 5.69 Å². The average molecular weight is 365 g/mol. The Morgan fingerprint density at radius 2 is 1.82 bits per heavy atom. The summed E-state index contributed by atoms with van der Waals surface area (Å²) in [4.78, 5) is 37.9. The highest BCUT2D eigenvalue weighted by Gasteiger charge is 2.48. The Bertz CT molecular complexity index is 608. The monoisotopic (exact) mass is 364 g/mol. The van der Waals surface area contributed by atoms with E-state index < -0.39 is 0 Å². The van der Waals surface area contributed by atoms with Crippen molar-refractivity contribution in [1.29, 1.82) is 0 Å². The topological polar surface area (TPSA) is 66.5 Å². The van der Waals surface area contributed by atoms with Crippen LogP contribution in [0.15, 0.2) is 28.7 Å². The molecule has 116 valence electrons. The maximum atomic E-state index is 12.3. The molecule has 1 aromatic rings. The van der Waals surface area contributed by atoms with E-state index in [2.05, 4.69) is 21.2 Å². The molecule has 22 heavy (non-hydrogen) atoms. The van der Waals surface area contributed by atoms with Crippen molar-refractivity contribution in [2.45, 2.75) is 25.7 Å². The van der Waals surface area contributed by atoms with Crippen molar-refractivity contribution in [3.8, 4) is 0 Å². The lowest BCUT2D eigenvalue weighted by Crippen LogP contribution is -2.38. The maximum absolute atomic E-state index is 12.3. The van der Waals surface area contributed by atoms with E-state index in [-0.39, 0.29) is 36.1 Å². The number of nitrogens with zero attached hydrogens (tertiary/aromatic N) is 1. The normalized spacial score (nSPS) is 24.3. The van der Waals surface area contributed by atoms with Crippen molar-refractivity contribution in [2.24, 2.45) is 11.8 Å². The third-order valence-corrected chi connectivity index (χ3v) is 4.84. The van der Waals surface area contributed by atoms with Gasteiger partial charge in [0.25, 0.3) is 0 Å². The van der Waals surface area contributed by atoms with Gasteiger partial charge in [0.05, 0.1) is 11.8 Å². The van der Waals surface area contributed by atoms with Gasteiger partial charge in [0.1, 0.15) is 6.54 Å². The summed E-state index contributed by atoms with van der Waals surface area (Å²) in [7, 11) is 0. The quantitative estimate of drug-likeness (QED) is 0.838. The molecule has 1 aliphatic carbocycles. The van der Waals surface area contributed by atoms with Crippen LogP contribution in [0.1, 0.15) is 25.7 Å². The standard InChI is InChI=1S/C16H17BrN2O3/c17-10-4-3-5-11(8-10)18-14(20)9-19-15(21)12-6-1-2-7-13(12)16(19)22/h3-5,8,12-13H,1-2,6-7,9H2,(H,18,20)/t12-,13-/m0/s1. The minimum absolute atomic E-state index is 0.181. The number of halogens is 1. The molecule has 2 atom stereocenters. The number of hydrogen-bond acceptors (Lipinski definition) is 3. The van der Waals surface area contributed by atoms with E-state index in [0.717, 1.165) is 35.1 Å². The Hall–Kier alpha value is -1.69. The Morgan fingerprint density at radius 1 is 1.18 bits per heavy atom. The highest BCUT2D eigenvalue weighted by atomic mass is 79.9. The molecule has 1 aromatic carbocycles. The minimum Gasteiger partial charge on any atom is -0.324 e. The molecule has 2 fully saturated rings. The number of nitrogens with one attached hydrogen (secondary N) is 1. The number of anilines is 1. The molecule has 2 aliphatic rings. The lowest BCUT2D eigenvalue weighted by atomic mass is 9.81. The van der Waals surface area contributed by atoms with Gasteiger partial charge >= 0.3 is 0 Å². The number of fused-ring (bicyclic) bond motifs is 1. The highest BCUT2D eigenvalue weighted by molar-refractivity contribution is 9.10. The van der Waals surface area contributed by atoms with E-state index in [9.17, 15) is 14.4 Å². The molecule has 1 N–H and O–H groups in total. The Labute approximate surface area is 137 Å². The van der Waals surface area contributed by atoms with Crippen LogP contribution < -0.4 is 5.32 Å². The van der Waals surface area contributed by atoms with E-state index in [1.165, 1.54) is 0 Å². The number of likely N-dealkylation sites (tertiary alicyclic amines) is 1. The van der Waals surface area contributed by atoms with Gasteiger partial charge in [-0.3, -0.25) is 19.3 Å². The zero-order valence-corrected chi connectivity index (χ0v) is 13.6. The van der Waals surface area contributed by atoms with Gasteiger partial charge < -0.3 is 5.32 Å². The van der Waals surface area contributed by atoms with Gasteiger partial charge in [-0.15, -0.1) is 0 Å². The Balaban J connectivity index is 1.66. The second-order valence-corrected chi connectivity index (χ2v) is 6.73. The molecule has 0 aromatic heterocycles. The van der Waals surface area contributed by atoms with Gasteiger partial charge in [-0.1, -0.05) is 34.8 Å². The first-order valence-electron chi connectivity index (χ1n) is 7.47. The molecule has 5 nitrogen and oxygen atoms in total. The molecule has 0 radical (unpaired) electrons. The number of carbonyl (C=O) groups is 3. The van der Waals surface area contributed by atoms with Crippen LogP contribution >= 0.6 is 15.9 Å². The van der Waals surface area contributed by atoms with Crippen LogP contribution in [0.25, 0.3) is 0 Å². The summed E-state index contributed by atoms with van der Waals surface area (Å²) >= 11 is 3.33. The maximum Gasteiger partial charge on any atom is 0.244 e. The average Bonchev–Trinajstić information content (AvgIpc) is 2.73. The third kappa shape index (κ3) is 2.92. The number of imide groups is 1. The molecule has 1 aliphatic heterocycles. The number of benzene rings is 1. The molecule has 1 saturated heterocycles. The SMILES string of the molecule is O=C(CN1C(=O)[C@H]2CCCC[C@@H]2C1=O)Nc1cccc(Br)c1. The van der Waals surface area contributed by atoms with Crippen LogP contribution in [0.3, 0.4) is 0 Å². The van der Waals surface area contributed by atoms with Crippen LogP contribution in [-0.2, 0) is 14.4 Å². The van der Waals surface area contributed by atoms with Gasteiger partial charge in [-0.2, -0.15) is 0 Å². The van der Waals surface area contributed by atoms with Crippen LogP contribution in [-0.4, -0.2) is 29.2 Å². The first-order chi connectivity index (χ1) is 10.6. The van der Waals surface area contributed by atoms with E-state index in [1.54, 1.807) is 18.2 Å². The van der Waals surface area contributed by atoms with Gasteiger partial charge in [-0.25, -0.2) is 0 Å². The fraction of sp³-hybridized carbons (Fsp3) is 0.438. The Morgan fingerprint density at radius 3 is 2.41 bits per heavy atom. The second kappa shape index (κ2) is 6.20. The summed E-state index contributed by atoms with van der Waals surface area (Å²) in [6, 6.07) is 7.19. The number of carbonyl (C=O) groups excluding carboxylic acids is 3. The highest BCUT2D eigenvalue weighted by Crippen LogP contribution is 2.37. The summed E-state index contributed by atoms with van der Waals surface area (Å²) in [5.41, 5.74) is 0.635. The third-order valence-electron chi connectivity index (χ3n) is 4.34. The molecule has 0 spiro atoms. The van der Waals surface area contributed by atoms with Crippen LogP contribution in [0.5, 0.6) is 0 Å². The lowest BCUT2D eigenvalue weighted by molar-refractivity contribution is -0.142. The van der Waals surface area contributed by atoms with E-state index >= 15 is 0 Å². The van der Waals surface area contributed by atoms with Crippen molar-refractivity contribution in [3.05, 3.63) is 28.7 Å². The molecule has 6 heteroatoms. The summed E-state index contributed by atoms with van der Waals surface area (Å²) < 4.78 is 0.852. The molecule has 0 unspecified atom stereocenters. The van der Waals surface area contributed by atoms with Gasteiger partial charge in [0.2, 0.25) is 17.7 Å². The lowest BCUT2D eigenvalue weighted by Gasteiger charge is -2.19. The molecule has 1 saturated carbocycles. The largest absolute Gasteiger partial charge is 0.324 e. The van der Waals surface area contributed by atoms with Crippen LogP contribution in [0.2, 0.25) is 0 Å².